The summed E-state index contributed by atoms with van der Waals surface area (Å²) in [5.74, 6) is 0.670. The SMILES string of the molecule is CCCC/C=C/C(CC)OC(=O)Nc1nc2ccccc2c2c1/N=C(/COCC)CC(CC(C)(C)O)CC2. The molecule has 1 aliphatic rings. The van der Waals surface area contributed by atoms with Gasteiger partial charge in [-0.05, 0) is 82.9 Å². The summed E-state index contributed by atoms with van der Waals surface area (Å²) in [5.41, 5.74) is 2.64. The van der Waals surface area contributed by atoms with E-state index in [1.165, 1.54) is 0 Å². The first-order valence-corrected chi connectivity index (χ1v) is 14.2. The lowest BCUT2D eigenvalue weighted by Gasteiger charge is -2.28. The van der Waals surface area contributed by atoms with E-state index >= 15 is 0 Å². The second kappa shape index (κ2) is 14.4. The van der Waals surface area contributed by atoms with Crippen LogP contribution in [0.15, 0.2) is 41.4 Å². The van der Waals surface area contributed by atoms with E-state index in [2.05, 4.69) is 24.4 Å². The number of pyridine rings is 1. The third kappa shape index (κ3) is 8.91. The van der Waals surface area contributed by atoms with Gasteiger partial charge in [-0.3, -0.25) is 10.3 Å². The zero-order chi connectivity index (χ0) is 27.5. The number of aliphatic imine (C=N–C) groups is 1. The van der Waals surface area contributed by atoms with Gasteiger partial charge in [-0.15, -0.1) is 0 Å². The lowest BCUT2D eigenvalue weighted by Crippen LogP contribution is -2.27. The maximum atomic E-state index is 13.0. The third-order valence-corrected chi connectivity index (χ3v) is 6.79. The average molecular weight is 524 g/mol. The summed E-state index contributed by atoms with van der Waals surface area (Å²) in [4.78, 5) is 22.8. The quantitative estimate of drug-likeness (QED) is 0.221. The number of unbranched alkanes of at least 4 members (excludes halogenated alkanes) is 2. The number of hydrogen-bond acceptors (Lipinski definition) is 6. The van der Waals surface area contributed by atoms with E-state index in [0.29, 0.717) is 37.6 Å². The minimum atomic E-state index is -0.763. The summed E-state index contributed by atoms with van der Waals surface area (Å²) in [6.45, 7) is 10.8. The van der Waals surface area contributed by atoms with Gasteiger partial charge in [0.1, 0.15) is 11.8 Å². The smallest absolute Gasteiger partial charge is 0.413 e. The number of aryl methyl sites for hydroxylation is 1. The van der Waals surface area contributed by atoms with Crippen LogP contribution in [0.3, 0.4) is 0 Å². The van der Waals surface area contributed by atoms with Gasteiger partial charge in [0, 0.05) is 17.7 Å². The number of hydrogen-bond donors (Lipinski definition) is 2. The van der Waals surface area contributed by atoms with Gasteiger partial charge in [-0.2, -0.15) is 0 Å². The molecule has 2 N–H and O–H groups in total. The maximum absolute atomic E-state index is 13.0. The lowest BCUT2D eigenvalue weighted by atomic mass is 9.84. The zero-order valence-electron chi connectivity index (χ0n) is 23.8. The van der Waals surface area contributed by atoms with Gasteiger partial charge >= 0.3 is 6.09 Å². The molecule has 7 heteroatoms. The first kappa shape index (κ1) is 29.8. The Morgan fingerprint density at radius 3 is 2.76 bits per heavy atom. The molecule has 1 aliphatic heterocycles. The van der Waals surface area contributed by atoms with Gasteiger partial charge in [-0.25, -0.2) is 9.78 Å². The number of rotatable bonds is 12. The number of para-hydroxylation sites is 1. The molecule has 208 valence electrons. The third-order valence-electron chi connectivity index (χ3n) is 6.79. The highest BCUT2D eigenvalue weighted by atomic mass is 16.6. The Morgan fingerprint density at radius 2 is 2.05 bits per heavy atom. The number of nitrogens with one attached hydrogen (secondary N) is 1. The summed E-state index contributed by atoms with van der Waals surface area (Å²) in [7, 11) is 0. The number of nitrogens with zero attached hydrogens (tertiary/aromatic N) is 2. The van der Waals surface area contributed by atoms with Crippen LogP contribution in [-0.2, 0) is 15.9 Å². The fourth-order valence-electron chi connectivity index (χ4n) is 5.00. The molecule has 38 heavy (non-hydrogen) atoms. The van der Waals surface area contributed by atoms with Crippen molar-refractivity contribution in [1.29, 1.82) is 0 Å². The first-order chi connectivity index (χ1) is 18.2. The van der Waals surface area contributed by atoms with Crippen molar-refractivity contribution in [3.63, 3.8) is 0 Å². The first-order valence-electron chi connectivity index (χ1n) is 14.2. The minimum Gasteiger partial charge on any atom is -0.442 e. The molecule has 1 aromatic carbocycles. The highest BCUT2D eigenvalue weighted by Crippen LogP contribution is 2.39. The monoisotopic (exact) mass is 523 g/mol. The Hall–Kier alpha value is -2.77. The van der Waals surface area contributed by atoms with Crippen molar-refractivity contribution in [3.05, 3.63) is 42.0 Å². The topological polar surface area (TPSA) is 93.0 Å². The number of carbonyl (C=O) groups excluding carboxylic acids is 1. The highest BCUT2D eigenvalue weighted by molar-refractivity contribution is 5.98. The Kier molecular flexibility index (Phi) is 11.3. The minimum absolute atomic E-state index is 0.264. The van der Waals surface area contributed by atoms with Crippen LogP contribution in [0.4, 0.5) is 16.3 Å². The second-order valence-corrected chi connectivity index (χ2v) is 10.8. The van der Waals surface area contributed by atoms with Crippen molar-refractivity contribution in [2.24, 2.45) is 10.9 Å². The molecule has 0 saturated carbocycles. The molecule has 0 aliphatic carbocycles. The molecule has 2 atom stereocenters. The number of allylic oxidation sites excluding steroid dienone is 1. The summed E-state index contributed by atoms with van der Waals surface area (Å²) in [5, 5.41) is 14.5. The summed E-state index contributed by atoms with van der Waals surface area (Å²) in [6.07, 6.45) is 10.2. The molecule has 1 aromatic heterocycles. The Labute approximate surface area is 227 Å². The fraction of sp³-hybridized carbons (Fsp3) is 0.581. The zero-order valence-corrected chi connectivity index (χ0v) is 23.8. The number of aromatic nitrogens is 1. The van der Waals surface area contributed by atoms with Gasteiger partial charge in [0.05, 0.1) is 17.7 Å². The highest BCUT2D eigenvalue weighted by Gasteiger charge is 2.27. The number of fused-ring (bicyclic) bond motifs is 3. The molecule has 0 spiro atoms. The van der Waals surface area contributed by atoms with Gasteiger partial charge in [0.2, 0.25) is 0 Å². The van der Waals surface area contributed by atoms with Crippen LogP contribution in [0, 0.1) is 5.92 Å². The van der Waals surface area contributed by atoms with Crippen molar-refractivity contribution < 1.29 is 19.4 Å². The van der Waals surface area contributed by atoms with Crippen LogP contribution in [0.25, 0.3) is 10.9 Å². The van der Waals surface area contributed by atoms with Gasteiger partial charge in [-0.1, -0.05) is 51.0 Å². The van der Waals surface area contributed by atoms with E-state index in [1.54, 1.807) is 0 Å². The second-order valence-electron chi connectivity index (χ2n) is 10.8. The maximum Gasteiger partial charge on any atom is 0.413 e. The van der Waals surface area contributed by atoms with E-state index in [9.17, 15) is 9.90 Å². The molecule has 0 radical (unpaired) electrons. The summed E-state index contributed by atoms with van der Waals surface area (Å²) >= 11 is 0. The Balaban J connectivity index is 1.97. The summed E-state index contributed by atoms with van der Waals surface area (Å²) < 4.78 is 11.5. The number of aliphatic hydroxyl groups is 1. The van der Waals surface area contributed by atoms with Gasteiger partial charge < -0.3 is 14.6 Å². The number of benzene rings is 1. The number of carbonyl (C=O) groups is 1. The molecule has 0 bridgehead atoms. The van der Waals surface area contributed by atoms with Crippen molar-refractivity contribution in [3.8, 4) is 0 Å². The van der Waals surface area contributed by atoms with Crippen LogP contribution in [0.1, 0.15) is 85.1 Å². The van der Waals surface area contributed by atoms with E-state index in [0.717, 1.165) is 60.7 Å². The molecule has 2 heterocycles. The molecule has 0 fully saturated rings. The molecule has 7 nitrogen and oxygen atoms in total. The predicted octanol–water partition coefficient (Wildman–Crippen LogP) is 7.53. The Bertz CT molecular complexity index is 1120. The van der Waals surface area contributed by atoms with Gasteiger partial charge in [0.15, 0.2) is 5.82 Å². The van der Waals surface area contributed by atoms with Crippen molar-refractivity contribution in [2.75, 3.05) is 18.5 Å². The van der Waals surface area contributed by atoms with Crippen LogP contribution in [0.5, 0.6) is 0 Å². The van der Waals surface area contributed by atoms with Crippen LogP contribution >= 0.6 is 0 Å². The van der Waals surface area contributed by atoms with Crippen molar-refractivity contribution >= 4 is 34.2 Å². The summed E-state index contributed by atoms with van der Waals surface area (Å²) in [6, 6.07) is 7.96. The molecule has 1 amide bonds. The number of ether oxygens (including phenoxy) is 2. The Morgan fingerprint density at radius 1 is 1.26 bits per heavy atom. The standard InChI is InChI=1S/C31H45N3O4/c1-6-9-10-11-14-24(7-2)38-30(35)34-29-28-26(25-15-12-13-16-27(25)33-29)18-17-22(20-31(4,5)36)19-23(32-28)21-37-8-3/h11-16,22,24,36H,6-10,17-21H2,1-5H3,(H,33,34,35)/b14-11+,32-23+. The largest absolute Gasteiger partial charge is 0.442 e. The normalized spacial score (nSPS) is 18.4. The predicted molar refractivity (Wildman–Crippen MR) is 156 cm³/mol. The van der Waals surface area contributed by atoms with E-state index in [4.69, 9.17) is 19.5 Å². The fourth-order valence-corrected chi connectivity index (χ4v) is 5.00. The molecular weight excluding hydrogens is 478 g/mol. The van der Waals surface area contributed by atoms with Crippen LogP contribution < -0.4 is 5.32 Å². The molecular formula is C31H45N3O4. The lowest BCUT2D eigenvalue weighted by molar-refractivity contribution is 0.0518. The number of anilines is 1. The molecule has 2 aromatic rings. The average Bonchev–Trinajstić information content (AvgIpc) is 2.86. The van der Waals surface area contributed by atoms with Crippen molar-refractivity contribution in [1.82, 2.24) is 4.98 Å². The van der Waals surface area contributed by atoms with Gasteiger partial charge in [0.25, 0.3) is 0 Å². The van der Waals surface area contributed by atoms with E-state index in [1.807, 2.05) is 52.0 Å². The van der Waals surface area contributed by atoms with Crippen LogP contribution in [0.2, 0.25) is 0 Å². The number of amides is 1. The van der Waals surface area contributed by atoms with E-state index in [-0.39, 0.29) is 12.0 Å². The van der Waals surface area contributed by atoms with Crippen molar-refractivity contribution in [2.45, 2.75) is 97.7 Å². The molecule has 3 rings (SSSR count). The van der Waals surface area contributed by atoms with Crippen LogP contribution in [-0.4, -0.2) is 46.8 Å². The molecule has 0 saturated heterocycles. The molecule has 2 unspecified atom stereocenters. The van der Waals surface area contributed by atoms with E-state index < -0.39 is 11.7 Å².